The Kier molecular flexibility index (Phi) is 5.68. The number of rotatable bonds is 3. The van der Waals surface area contributed by atoms with E-state index in [2.05, 4.69) is 9.84 Å². The van der Waals surface area contributed by atoms with Gasteiger partial charge in [0.15, 0.2) is 5.75 Å². The average molecular weight is 326 g/mol. The summed E-state index contributed by atoms with van der Waals surface area (Å²) in [7, 11) is 2.55. The van der Waals surface area contributed by atoms with Crippen molar-refractivity contribution in [1.29, 1.82) is 0 Å². The average Bonchev–Trinajstić information content (AvgIpc) is 2.60. The summed E-state index contributed by atoms with van der Waals surface area (Å²) in [6.07, 6.45) is 1.43. The number of aromatic nitrogens is 2. The van der Waals surface area contributed by atoms with Gasteiger partial charge in [0, 0.05) is 0 Å². The van der Waals surface area contributed by atoms with Crippen molar-refractivity contribution in [2.45, 2.75) is 6.92 Å². The van der Waals surface area contributed by atoms with E-state index in [1.54, 1.807) is 6.07 Å². The Bertz CT molecular complexity index is 858. The normalized spacial score (nSPS) is 9.79. The van der Waals surface area contributed by atoms with Crippen LogP contribution in [0.2, 0.25) is 0 Å². The van der Waals surface area contributed by atoms with Crippen molar-refractivity contribution in [3.63, 3.8) is 0 Å². The van der Waals surface area contributed by atoms with Crippen LogP contribution in [0, 0.1) is 6.92 Å². The molecule has 0 fully saturated rings. The predicted octanol–water partition coefficient (Wildman–Crippen LogP) is 2.46. The minimum Gasteiger partial charge on any atom is -0.491 e. The second-order valence-electron chi connectivity index (χ2n) is 4.92. The summed E-state index contributed by atoms with van der Waals surface area (Å²) in [5, 5.41) is 4.09. The van der Waals surface area contributed by atoms with Gasteiger partial charge in [-0.15, -0.1) is 0 Å². The van der Waals surface area contributed by atoms with Gasteiger partial charge in [0.05, 0.1) is 26.1 Å². The second kappa shape index (κ2) is 7.92. The van der Waals surface area contributed by atoms with E-state index in [0.29, 0.717) is 5.69 Å². The van der Waals surface area contributed by atoms with E-state index in [9.17, 15) is 9.59 Å². The number of aryl methyl sites for hydroxylation is 1. The van der Waals surface area contributed by atoms with Gasteiger partial charge in [0.2, 0.25) is 5.69 Å². The molecular formula is C18H18N2O4. The molecule has 124 valence electrons. The second-order valence-corrected chi connectivity index (χ2v) is 4.92. The van der Waals surface area contributed by atoms with Crippen LogP contribution in [0.15, 0.2) is 59.5 Å². The van der Waals surface area contributed by atoms with Crippen LogP contribution in [0.3, 0.4) is 0 Å². The minimum absolute atomic E-state index is 0.00735. The van der Waals surface area contributed by atoms with E-state index in [1.165, 1.54) is 25.1 Å². The minimum atomic E-state index is -0.813. The third-order valence-corrected chi connectivity index (χ3v) is 3.23. The van der Waals surface area contributed by atoms with E-state index in [1.807, 2.05) is 49.4 Å². The molecule has 0 radical (unpaired) electrons. The predicted molar refractivity (Wildman–Crippen MR) is 90.1 cm³/mol. The van der Waals surface area contributed by atoms with Gasteiger partial charge in [-0.1, -0.05) is 42.0 Å². The molecule has 0 saturated heterocycles. The maximum Gasteiger partial charge on any atom is 0.362 e. The number of nitrogens with zero attached hydrogens (tertiary/aromatic N) is 2. The Morgan fingerprint density at radius 3 is 2.42 bits per heavy atom. The van der Waals surface area contributed by atoms with Gasteiger partial charge in [0.25, 0.3) is 5.43 Å². The van der Waals surface area contributed by atoms with Crippen LogP contribution < -0.4 is 10.2 Å². The van der Waals surface area contributed by atoms with Crippen LogP contribution in [0.5, 0.6) is 5.75 Å². The Morgan fingerprint density at radius 1 is 1.04 bits per heavy atom. The van der Waals surface area contributed by atoms with Crippen molar-refractivity contribution in [3.05, 3.63) is 76.2 Å². The summed E-state index contributed by atoms with van der Waals surface area (Å²) in [6.45, 7) is 1.96. The van der Waals surface area contributed by atoms with Gasteiger partial charge in [-0.3, -0.25) is 4.79 Å². The van der Waals surface area contributed by atoms with Crippen molar-refractivity contribution < 1.29 is 14.3 Å². The van der Waals surface area contributed by atoms with Crippen molar-refractivity contribution in [3.8, 4) is 11.4 Å². The molecule has 0 amide bonds. The molecule has 0 N–H and O–H groups in total. The van der Waals surface area contributed by atoms with Gasteiger partial charge >= 0.3 is 5.97 Å². The van der Waals surface area contributed by atoms with Crippen LogP contribution in [0.25, 0.3) is 5.69 Å². The number of methoxy groups -OCH3 is 2. The molecule has 6 nitrogen and oxygen atoms in total. The van der Waals surface area contributed by atoms with E-state index in [4.69, 9.17) is 4.74 Å². The van der Waals surface area contributed by atoms with Crippen LogP contribution in [-0.4, -0.2) is 30.0 Å². The molecule has 24 heavy (non-hydrogen) atoms. The first-order chi connectivity index (χ1) is 11.6. The zero-order chi connectivity index (χ0) is 17.5. The summed E-state index contributed by atoms with van der Waals surface area (Å²) >= 11 is 0. The topological polar surface area (TPSA) is 70.4 Å². The van der Waals surface area contributed by atoms with Gasteiger partial charge in [-0.25, -0.2) is 9.48 Å². The van der Waals surface area contributed by atoms with Crippen molar-refractivity contribution in [1.82, 2.24) is 9.78 Å². The molecule has 0 saturated carbocycles. The number of carbonyl (C=O) groups excluding carboxylic acids is 1. The lowest BCUT2D eigenvalue weighted by atomic mass is 10.2. The molecule has 0 aliphatic carbocycles. The maximum absolute atomic E-state index is 12.1. The molecule has 1 aromatic carbocycles. The molecule has 0 spiro atoms. The Labute approximate surface area is 139 Å². The van der Waals surface area contributed by atoms with Crippen molar-refractivity contribution in [2.24, 2.45) is 0 Å². The Balaban J connectivity index is 2.72. The zero-order valence-electron chi connectivity index (χ0n) is 13.7. The lowest BCUT2D eigenvalue weighted by Crippen LogP contribution is -2.23. The van der Waals surface area contributed by atoms with E-state index >= 15 is 0 Å². The standard InChI is InChI=1S/C18H18N2O4/c1-13-8-6-4-5-7-9-14(11-10-13)20-12-15(23-2)17(21)16(19-20)18(22)24-3/h4-12H,1-3H3. The van der Waals surface area contributed by atoms with Gasteiger partial charge in [-0.2, -0.15) is 5.10 Å². The number of ether oxygens (including phenoxy) is 2. The third-order valence-electron chi connectivity index (χ3n) is 3.23. The molecule has 2 rings (SSSR count). The number of hydrogen-bond acceptors (Lipinski definition) is 5. The molecular weight excluding hydrogens is 308 g/mol. The largest absolute Gasteiger partial charge is 0.491 e. The van der Waals surface area contributed by atoms with Crippen molar-refractivity contribution in [2.75, 3.05) is 14.2 Å². The summed E-state index contributed by atoms with van der Waals surface area (Å²) in [5.41, 5.74) is 0.741. The fourth-order valence-electron chi connectivity index (χ4n) is 1.95. The van der Waals surface area contributed by atoms with Crippen LogP contribution >= 0.6 is 0 Å². The Morgan fingerprint density at radius 2 is 1.75 bits per heavy atom. The van der Waals surface area contributed by atoms with Crippen LogP contribution in [0.1, 0.15) is 16.1 Å². The molecule has 0 aliphatic rings. The highest BCUT2D eigenvalue weighted by molar-refractivity contribution is 5.87. The van der Waals surface area contributed by atoms with Crippen molar-refractivity contribution >= 4 is 5.97 Å². The summed E-state index contributed by atoms with van der Waals surface area (Å²) < 4.78 is 11.1. The third kappa shape index (κ3) is 3.98. The SMILES string of the molecule is COC(=O)c1nn(-c2ccccccc(C)cc2)cc(OC)c1=O. The molecule has 2 aromatic rings. The number of carbonyl (C=O) groups is 1. The first-order valence-electron chi connectivity index (χ1n) is 7.23. The lowest BCUT2D eigenvalue weighted by molar-refractivity contribution is 0.0589. The highest BCUT2D eigenvalue weighted by atomic mass is 16.5. The fourth-order valence-corrected chi connectivity index (χ4v) is 1.95. The quantitative estimate of drug-likeness (QED) is 0.810. The lowest BCUT2D eigenvalue weighted by Gasteiger charge is -2.08. The maximum atomic E-state index is 12.1. The summed E-state index contributed by atoms with van der Waals surface area (Å²) in [4.78, 5) is 23.9. The van der Waals surface area contributed by atoms with Crippen LogP contribution in [0.4, 0.5) is 0 Å². The zero-order valence-corrected chi connectivity index (χ0v) is 13.7. The van der Waals surface area contributed by atoms with Gasteiger partial charge in [-0.05, 0) is 19.1 Å². The fraction of sp³-hybridized carbons (Fsp3) is 0.167. The van der Waals surface area contributed by atoms with E-state index < -0.39 is 11.4 Å². The number of hydrogen-bond donors (Lipinski definition) is 0. The molecule has 1 aromatic heterocycles. The Hall–Kier alpha value is -3.15. The van der Waals surface area contributed by atoms with E-state index in [0.717, 1.165) is 5.56 Å². The monoisotopic (exact) mass is 326 g/mol. The first kappa shape index (κ1) is 17.2. The highest BCUT2D eigenvalue weighted by Crippen LogP contribution is 2.10. The molecule has 0 atom stereocenters. The molecule has 6 heteroatoms. The smallest absolute Gasteiger partial charge is 0.362 e. The number of esters is 1. The highest BCUT2D eigenvalue weighted by Gasteiger charge is 2.18. The summed E-state index contributed by atoms with van der Waals surface area (Å²) in [6, 6.07) is 15.0. The molecule has 1 heterocycles. The molecule has 0 unspecified atom stereocenters. The molecule has 0 aliphatic heterocycles. The van der Waals surface area contributed by atoms with E-state index in [-0.39, 0.29) is 11.4 Å². The van der Waals surface area contributed by atoms with Crippen LogP contribution in [-0.2, 0) is 4.74 Å². The summed E-state index contributed by atoms with van der Waals surface area (Å²) in [5.74, 6) is -0.806. The van der Waals surface area contributed by atoms with Gasteiger partial charge < -0.3 is 9.47 Å². The first-order valence-corrected chi connectivity index (χ1v) is 7.23. The van der Waals surface area contributed by atoms with Gasteiger partial charge in [0.1, 0.15) is 0 Å². The molecule has 0 bridgehead atoms.